The van der Waals surface area contributed by atoms with Crippen molar-refractivity contribution in [2.75, 3.05) is 13.7 Å². The number of hydrogen-bond acceptors (Lipinski definition) is 3. The third-order valence-corrected chi connectivity index (χ3v) is 2.25. The smallest absolute Gasteiger partial charge is 0.197 e. The first-order valence-corrected chi connectivity index (χ1v) is 4.53. The van der Waals surface area contributed by atoms with Crippen LogP contribution in [-0.4, -0.2) is 25.6 Å². The largest absolute Gasteiger partial charge is 0.496 e. The lowest BCUT2D eigenvalue weighted by Gasteiger charge is -2.06. The van der Waals surface area contributed by atoms with Crippen molar-refractivity contribution in [3.05, 3.63) is 29.3 Å². The first-order chi connectivity index (χ1) is 6.72. The fraction of sp³-hybridized carbons (Fsp3) is 0.364. The minimum atomic E-state index is -0.245. The van der Waals surface area contributed by atoms with E-state index in [0.717, 1.165) is 5.56 Å². The summed E-state index contributed by atoms with van der Waals surface area (Å²) in [4.78, 5) is 11.7. The molecule has 0 amide bonds. The molecular formula is C11H12O3. The highest BCUT2D eigenvalue weighted by atomic mass is 16.6. The van der Waals surface area contributed by atoms with Crippen LogP contribution in [0.4, 0.5) is 0 Å². The van der Waals surface area contributed by atoms with Gasteiger partial charge < -0.3 is 9.47 Å². The maximum absolute atomic E-state index is 11.7. The third-order valence-electron chi connectivity index (χ3n) is 2.25. The summed E-state index contributed by atoms with van der Waals surface area (Å²) in [5.41, 5.74) is 1.67. The highest BCUT2D eigenvalue weighted by molar-refractivity contribution is 6.03. The lowest BCUT2D eigenvalue weighted by Crippen LogP contribution is -2.09. The lowest BCUT2D eigenvalue weighted by atomic mass is 10.0. The van der Waals surface area contributed by atoms with E-state index in [1.54, 1.807) is 7.11 Å². The zero-order valence-corrected chi connectivity index (χ0v) is 8.24. The Morgan fingerprint density at radius 2 is 2.29 bits per heavy atom. The van der Waals surface area contributed by atoms with Crippen LogP contribution in [0.3, 0.4) is 0 Å². The zero-order chi connectivity index (χ0) is 10.1. The van der Waals surface area contributed by atoms with Crippen molar-refractivity contribution >= 4 is 5.78 Å². The van der Waals surface area contributed by atoms with E-state index >= 15 is 0 Å². The molecule has 0 bridgehead atoms. The second-order valence-corrected chi connectivity index (χ2v) is 3.39. The summed E-state index contributed by atoms with van der Waals surface area (Å²) in [5.74, 6) is 0.640. The number of carbonyl (C=O) groups is 1. The van der Waals surface area contributed by atoms with E-state index in [9.17, 15) is 4.79 Å². The van der Waals surface area contributed by atoms with Gasteiger partial charge in [0, 0.05) is 0 Å². The van der Waals surface area contributed by atoms with Crippen LogP contribution in [-0.2, 0) is 4.74 Å². The average molecular weight is 192 g/mol. The number of epoxide rings is 1. The van der Waals surface area contributed by atoms with Gasteiger partial charge >= 0.3 is 0 Å². The van der Waals surface area contributed by atoms with Crippen LogP contribution in [0.25, 0.3) is 0 Å². The summed E-state index contributed by atoms with van der Waals surface area (Å²) in [6, 6.07) is 5.57. The number of hydrogen-bond donors (Lipinski definition) is 0. The van der Waals surface area contributed by atoms with E-state index in [2.05, 4.69) is 0 Å². The lowest BCUT2D eigenvalue weighted by molar-refractivity contribution is 0.0950. The quantitative estimate of drug-likeness (QED) is 0.539. The molecule has 1 fully saturated rings. The number of rotatable bonds is 3. The van der Waals surface area contributed by atoms with Gasteiger partial charge in [-0.05, 0) is 19.1 Å². The van der Waals surface area contributed by atoms with Gasteiger partial charge in [-0.25, -0.2) is 0 Å². The molecule has 1 heterocycles. The molecule has 0 aromatic heterocycles. The van der Waals surface area contributed by atoms with E-state index in [1.807, 2.05) is 25.1 Å². The third kappa shape index (κ3) is 1.63. The summed E-state index contributed by atoms with van der Waals surface area (Å²) < 4.78 is 10.1. The number of Topliss-reactive ketones (excluding diaryl/α,β-unsaturated/α-hetero) is 1. The minimum absolute atomic E-state index is 0.0190. The van der Waals surface area contributed by atoms with Crippen LogP contribution in [0.5, 0.6) is 5.75 Å². The van der Waals surface area contributed by atoms with Crippen LogP contribution < -0.4 is 4.74 Å². The van der Waals surface area contributed by atoms with Crippen molar-refractivity contribution in [1.82, 2.24) is 0 Å². The van der Waals surface area contributed by atoms with Crippen LogP contribution >= 0.6 is 0 Å². The molecule has 3 heteroatoms. The SMILES string of the molecule is COc1ccc(C)cc1C(=O)C1CO1. The Morgan fingerprint density at radius 1 is 1.57 bits per heavy atom. The van der Waals surface area contributed by atoms with Crippen molar-refractivity contribution in [3.8, 4) is 5.75 Å². The average Bonchev–Trinajstić information content (AvgIpc) is 3.00. The highest BCUT2D eigenvalue weighted by Gasteiger charge is 2.33. The molecule has 0 aliphatic carbocycles. The normalized spacial score (nSPS) is 19.1. The number of ketones is 1. The Hall–Kier alpha value is -1.35. The van der Waals surface area contributed by atoms with Gasteiger partial charge in [0.25, 0.3) is 0 Å². The van der Waals surface area contributed by atoms with E-state index in [-0.39, 0.29) is 11.9 Å². The second-order valence-electron chi connectivity index (χ2n) is 3.39. The standard InChI is InChI=1S/C11H12O3/c1-7-3-4-9(13-2)8(5-7)11(12)10-6-14-10/h3-5,10H,6H2,1-2H3. The van der Waals surface area contributed by atoms with Crippen LogP contribution in [0, 0.1) is 6.92 Å². The van der Waals surface area contributed by atoms with Crippen molar-refractivity contribution < 1.29 is 14.3 Å². The molecule has 1 aliphatic heterocycles. The Bertz CT molecular complexity index is 367. The van der Waals surface area contributed by atoms with Gasteiger partial charge in [-0.2, -0.15) is 0 Å². The predicted octanol–water partition coefficient (Wildman–Crippen LogP) is 1.59. The summed E-state index contributed by atoms with van der Waals surface area (Å²) in [7, 11) is 1.56. The van der Waals surface area contributed by atoms with Gasteiger partial charge in [-0.1, -0.05) is 11.6 Å². The fourth-order valence-electron chi connectivity index (χ4n) is 1.39. The Labute approximate surface area is 82.6 Å². The van der Waals surface area contributed by atoms with Crippen molar-refractivity contribution in [2.45, 2.75) is 13.0 Å². The molecule has 2 rings (SSSR count). The van der Waals surface area contributed by atoms with Crippen molar-refractivity contribution in [3.63, 3.8) is 0 Å². The maximum atomic E-state index is 11.7. The molecule has 1 aliphatic rings. The summed E-state index contributed by atoms with van der Waals surface area (Å²) in [6.45, 7) is 2.49. The number of aryl methyl sites for hydroxylation is 1. The maximum Gasteiger partial charge on any atom is 0.197 e. The summed E-state index contributed by atoms with van der Waals surface area (Å²) >= 11 is 0. The predicted molar refractivity (Wildman–Crippen MR) is 51.8 cm³/mol. The number of carbonyl (C=O) groups excluding carboxylic acids is 1. The van der Waals surface area contributed by atoms with Gasteiger partial charge in [-0.3, -0.25) is 4.79 Å². The molecular weight excluding hydrogens is 180 g/mol. The Kier molecular flexibility index (Phi) is 2.25. The van der Waals surface area contributed by atoms with Gasteiger partial charge in [0.05, 0.1) is 19.3 Å². The van der Waals surface area contributed by atoms with Crippen molar-refractivity contribution in [2.24, 2.45) is 0 Å². The van der Waals surface area contributed by atoms with E-state index < -0.39 is 0 Å². The molecule has 1 aromatic carbocycles. The minimum Gasteiger partial charge on any atom is -0.496 e. The molecule has 14 heavy (non-hydrogen) atoms. The van der Waals surface area contributed by atoms with E-state index in [4.69, 9.17) is 9.47 Å². The van der Waals surface area contributed by atoms with Gasteiger partial charge in [0.15, 0.2) is 5.78 Å². The van der Waals surface area contributed by atoms with Gasteiger partial charge in [0.2, 0.25) is 0 Å². The topological polar surface area (TPSA) is 38.8 Å². The fourth-order valence-corrected chi connectivity index (χ4v) is 1.39. The Balaban J connectivity index is 2.37. The molecule has 0 radical (unpaired) electrons. The second kappa shape index (κ2) is 3.42. The van der Waals surface area contributed by atoms with E-state index in [1.165, 1.54) is 0 Å². The summed E-state index contributed by atoms with van der Waals surface area (Å²) in [5, 5.41) is 0. The monoisotopic (exact) mass is 192 g/mol. The number of ether oxygens (including phenoxy) is 2. The van der Waals surface area contributed by atoms with Crippen molar-refractivity contribution in [1.29, 1.82) is 0 Å². The molecule has 3 nitrogen and oxygen atoms in total. The van der Waals surface area contributed by atoms with E-state index in [0.29, 0.717) is 17.9 Å². The summed E-state index contributed by atoms with van der Waals surface area (Å²) in [6.07, 6.45) is -0.245. The molecule has 1 unspecified atom stereocenters. The van der Waals surface area contributed by atoms with Gasteiger partial charge in [-0.15, -0.1) is 0 Å². The van der Waals surface area contributed by atoms with Crippen LogP contribution in [0.1, 0.15) is 15.9 Å². The molecule has 0 N–H and O–H groups in total. The van der Waals surface area contributed by atoms with Crippen LogP contribution in [0.2, 0.25) is 0 Å². The first-order valence-electron chi connectivity index (χ1n) is 4.53. The molecule has 1 atom stereocenters. The first kappa shape index (κ1) is 9.21. The zero-order valence-electron chi connectivity index (χ0n) is 8.24. The molecule has 1 saturated heterocycles. The number of methoxy groups -OCH3 is 1. The Morgan fingerprint density at radius 3 is 2.86 bits per heavy atom. The molecule has 0 saturated carbocycles. The molecule has 74 valence electrons. The molecule has 1 aromatic rings. The highest BCUT2D eigenvalue weighted by Crippen LogP contribution is 2.25. The van der Waals surface area contributed by atoms with Gasteiger partial charge in [0.1, 0.15) is 11.9 Å². The van der Waals surface area contributed by atoms with Crippen LogP contribution in [0.15, 0.2) is 18.2 Å². The molecule has 0 spiro atoms. The number of benzene rings is 1.